The summed E-state index contributed by atoms with van der Waals surface area (Å²) in [6.07, 6.45) is 6.37. The second-order valence-corrected chi connectivity index (χ2v) is 8.04. The third-order valence-corrected chi connectivity index (χ3v) is 5.59. The van der Waals surface area contributed by atoms with E-state index < -0.39 is 11.9 Å². The second kappa shape index (κ2) is 10.1. The molecule has 1 unspecified atom stereocenters. The number of halogens is 1. The number of benzene rings is 1. The summed E-state index contributed by atoms with van der Waals surface area (Å²) in [6.45, 7) is 0.0591. The van der Waals surface area contributed by atoms with Crippen LogP contribution in [-0.2, 0) is 4.79 Å². The average molecular weight is 486 g/mol. The van der Waals surface area contributed by atoms with Gasteiger partial charge in [-0.15, -0.1) is 0 Å². The van der Waals surface area contributed by atoms with Crippen molar-refractivity contribution in [3.05, 3.63) is 70.9 Å². The predicted octanol–water partition coefficient (Wildman–Crippen LogP) is 0.975. The Bertz CT molecular complexity index is 1240. The zero-order valence-corrected chi connectivity index (χ0v) is 19.4. The monoisotopic (exact) mass is 485 g/mol. The molecule has 11 nitrogen and oxygen atoms in total. The van der Waals surface area contributed by atoms with Crippen molar-refractivity contribution in [1.29, 1.82) is 0 Å². The van der Waals surface area contributed by atoms with E-state index >= 15 is 0 Å². The maximum Gasteiger partial charge on any atom is 0.261 e. The molecule has 12 heteroatoms. The minimum absolute atomic E-state index is 0.0203. The molecule has 0 saturated carbocycles. The van der Waals surface area contributed by atoms with Gasteiger partial charge in [0.2, 0.25) is 5.91 Å². The zero-order chi connectivity index (χ0) is 24.2. The highest BCUT2D eigenvalue weighted by atomic mass is 35.5. The molecule has 0 fully saturated rings. The highest BCUT2D eigenvalue weighted by molar-refractivity contribution is 6.30. The summed E-state index contributed by atoms with van der Waals surface area (Å²) in [5, 5.41) is 18.2. The summed E-state index contributed by atoms with van der Waals surface area (Å²) in [6, 6.07) is 6.34. The average Bonchev–Trinajstić information content (AvgIpc) is 3.43. The van der Waals surface area contributed by atoms with E-state index in [1.54, 1.807) is 62.0 Å². The van der Waals surface area contributed by atoms with Crippen LogP contribution in [0.2, 0.25) is 5.02 Å². The fourth-order valence-corrected chi connectivity index (χ4v) is 3.79. The topological polar surface area (TPSA) is 124 Å². The number of methoxy groups -OCH3 is 1. The third-order valence-electron chi connectivity index (χ3n) is 5.35. The predicted molar refractivity (Wildman–Crippen MR) is 124 cm³/mol. The summed E-state index contributed by atoms with van der Waals surface area (Å²) in [4.78, 5) is 31.3. The quantitative estimate of drug-likeness (QED) is 0.431. The molecule has 0 aliphatic carbocycles. The Kier molecular flexibility index (Phi) is 6.96. The van der Waals surface area contributed by atoms with Crippen LogP contribution in [0.25, 0.3) is 5.65 Å². The number of aliphatic hydroxyl groups is 1. The molecule has 1 aromatic carbocycles. The van der Waals surface area contributed by atoms with Gasteiger partial charge in [0.15, 0.2) is 5.65 Å². The molecule has 2 aromatic heterocycles. The Labute approximate surface area is 200 Å². The second-order valence-electron chi connectivity index (χ2n) is 7.60. The molecule has 4 rings (SSSR count). The number of nitrogens with one attached hydrogen (secondary N) is 2. The van der Waals surface area contributed by atoms with Crippen molar-refractivity contribution in [2.75, 3.05) is 33.9 Å². The number of aliphatic hydroxyl groups excluding tert-OH is 1. The van der Waals surface area contributed by atoms with Gasteiger partial charge in [-0.05, 0) is 24.3 Å². The number of carbonyl (C=O) groups excluding carboxylic acids is 2. The highest BCUT2D eigenvalue weighted by Gasteiger charge is 2.31. The smallest absolute Gasteiger partial charge is 0.261 e. The van der Waals surface area contributed by atoms with Gasteiger partial charge in [0.1, 0.15) is 17.9 Å². The Morgan fingerprint density at radius 1 is 1.38 bits per heavy atom. The molecule has 2 amide bonds. The summed E-state index contributed by atoms with van der Waals surface area (Å²) in [5.74, 6) is -0.0578. The van der Waals surface area contributed by atoms with Gasteiger partial charge in [-0.3, -0.25) is 9.59 Å². The van der Waals surface area contributed by atoms with E-state index in [0.29, 0.717) is 33.2 Å². The van der Waals surface area contributed by atoms with Crippen molar-refractivity contribution in [1.82, 2.24) is 35.2 Å². The van der Waals surface area contributed by atoms with E-state index in [4.69, 9.17) is 21.4 Å². The standard InChI is InChI=1S/C22H24ClN7O4/c1-28(8-9-31)19(32)13-29-12-17(20(27-29)15-10-14(23)4-5-18(15)34-2)26-22(33)16-11-25-30-7-3-6-24-21(16)30/h3-7,10-12,20,27,31H,8-9,13H2,1-2H3,(H,26,33). The number of nitrogens with zero attached hydrogens (tertiary/aromatic N) is 5. The lowest BCUT2D eigenvalue weighted by Gasteiger charge is -2.24. The van der Waals surface area contributed by atoms with Crippen molar-refractivity contribution < 1.29 is 19.4 Å². The number of hydrogen-bond acceptors (Lipinski definition) is 8. The Hall–Kier alpha value is -3.67. The number of fused-ring (bicyclic) bond motifs is 1. The first kappa shape index (κ1) is 23.5. The van der Waals surface area contributed by atoms with Crippen molar-refractivity contribution in [2.45, 2.75) is 6.04 Å². The molecule has 3 heterocycles. The summed E-state index contributed by atoms with van der Waals surface area (Å²) >= 11 is 6.24. The zero-order valence-electron chi connectivity index (χ0n) is 18.6. The first-order valence-electron chi connectivity index (χ1n) is 10.4. The number of amides is 2. The van der Waals surface area contributed by atoms with Gasteiger partial charge in [-0.25, -0.2) is 14.9 Å². The van der Waals surface area contributed by atoms with E-state index in [1.807, 2.05) is 0 Å². The number of rotatable bonds is 8. The summed E-state index contributed by atoms with van der Waals surface area (Å²) < 4.78 is 7.01. The number of likely N-dealkylation sites (N-methyl/N-ethyl adjacent to an activating group) is 1. The SMILES string of the molecule is COc1ccc(Cl)cc1C1NN(CC(=O)N(C)CCO)C=C1NC(=O)c1cnn2cccnc12. The molecule has 0 saturated heterocycles. The summed E-state index contributed by atoms with van der Waals surface area (Å²) in [5.41, 5.74) is 5.10. The molecule has 1 aliphatic heterocycles. The number of hydrazine groups is 1. The molecule has 1 atom stereocenters. The molecular formula is C22H24ClN7O4. The van der Waals surface area contributed by atoms with Gasteiger partial charge >= 0.3 is 0 Å². The van der Waals surface area contributed by atoms with Gasteiger partial charge in [0.25, 0.3) is 5.91 Å². The van der Waals surface area contributed by atoms with E-state index in [9.17, 15) is 9.59 Å². The minimum Gasteiger partial charge on any atom is -0.496 e. The molecule has 0 spiro atoms. The van der Waals surface area contributed by atoms with Crippen molar-refractivity contribution in [2.24, 2.45) is 0 Å². The number of aromatic nitrogens is 3. The normalized spacial score (nSPS) is 15.4. The molecule has 178 valence electrons. The van der Waals surface area contributed by atoms with Crippen molar-refractivity contribution >= 4 is 29.1 Å². The molecular weight excluding hydrogens is 462 g/mol. The lowest BCUT2D eigenvalue weighted by Crippen LogP contribution is -2.42. The fraction of sp³-hybridized carbons (Fsp3) is 0.273. The van der Waals surface area contributed by atoms with Crippen LogP contribution in [-0.4, -0.2) is 75.3 Å². The van der Waals surface area contributed by atoms with E-state index in [1.165, 1.54) is 15.6 Å². The van der Waals surface area contributed by atoms with Crippen LogP contribution in [0.15, 0.2) is 54.8 Å². The maximum absolute atomic E-state index is 13.1. The Balaban J connectivity index is 1.64. The first-order chi connectivity index (χ1) is 16.4. The van der Waals surface area contributed by atoms with Crippen molar-refractivity contribution in [3.63, 3.8) is 0 Å². The number of carbonyl (C=O) groups is 2. The number of ether oxygens (including phenoxy) is 1. The molecule has 1 aliphatic rings. The fourth-order valence-electron chi connectivity index (χ4n) is 3.61. The van der Waals surface area contributed by atoms with Crippen LogP contribution in [0.1, 0.15) is 22.0 Å². The van der Waals surface area contributed by atoms with Crippen molar-refractivity contribution in [3.8, 4) is 5.75 Å². The first-order valence-corrected chi connectivity index (χ1v) is 10.8. The maximum atomic E-state index is 13.1. The van der Waals surface area contributed by atoms with Crippen LogP contribution in [0.4, 0.5) is 0 Å². The van der Waals surface area contributed by atoms with Gasteiger partial charge < -0.3 is 25.1 Å². The highest BCUT2D eigenvalue weighted by Crippen LogP contribution is 2.34. The van der Waals surface area contributed by atoms with Gasteiger partial charge in [0.05, 0.1) is 31.7 Å². The van der Waals surface area contributed by atoms with Crippen LogP contribution >= 0.6 is 11.6 Å². The summed E-state index contributed by atoms with van der Waals surface area (Å²) in [7, 11) is 3.15. The van der Waals surface area contributed by atoms with E-state index in [2.05, 4.69) is 20.8 Å². The molecule has 3 N–H and O–H groups in total. The van der Waals surface area contributed by atoms with Crippen LogP contribution in [0, 0.1) is 0 Å². The minimum atomic E-state index is -0.552. The largest absolute Gasteiger partial charge is 0.496 e. The van der Waals surface area contributed by atoms with Gasteiger partial charge in [0, 0.05) is 42.8 Å². The third kappa shape index (κ3) is 4.81. The van der Waals surface area contributed by atoms with Crippen LogP contribution in [0.3, 0.4) is 0 Å². The molecule has 0 bridgehead atoms. The Morgan fingerprint density at radius 3 is 2.97 bits per heavy atom. The van der Waals surface area contributed by atoms with E-state index in [0.717, 1.165) is 0 Å². The number of hydrogen-bond donors (Lipinski definition) is 3. The van der Waals surface area contributed by atoms with Crippen LogP contribution in [0.5, 0.6) is 5.75 Å². The molecule has 3 aromatic rings. The Morgan fingerprint density at radius 2 is 2.21 bits per heavy atom. The lowest BCUT2D eigenvalue weighted by atomic mass is 10.0. The van der Waals surface area contributed by atoms with Crippen LogP contribution < -0.4 is 15.5 Å². The van der Waals surface area contributed by atoms with Gasteiger partial charge in [-0.1, -0.05) is 11.6 Å². The van der Waals surface area contributed by atoms with E-state index in [-0.39, 0.29) is 25.6 Å². The molecule has 34 heavy (non-hydrogen) atoms. The lowest BCUT2D eigenvalue weighted by molar-refractivity contribution is -0.131. The van der Waals surface area contributed by atoms with Gasteiger partial charge in [-0.2, -0.15) is 5.10 Å². The molecule has 0 radical (unpaired) electrons.